The van der Waals surface area contributed by atoms with Crippen LogP contribution in [0.3, 0.4) is 0 Å². The minimum absolute atomic E-state index is 0.397. The predicted molar refractivity (Wildman–Crippen MR) is 82.0 cm³/mol. The van der Waals surface area contributed by atoms with Gasteiger partial charge in [0.05, 0.1) is 11.4 Å². The zero-order valence-corrected chi connectivity index (χ0v) is 12.7. The summed E-state index contributed by atoms with van der Waals surface area (Å²) in [5.74, 6) is 0.397. The number of carbonyl (C=O) groups is 1. The molecule has 0 atom stereocenters. The Balaban J connectivity index is 2.12. The van der Waals surface area contributed by atoms with Crippen molar-refractivity contribution in [1.29, 1.82) is 0 Å². The van der Waals surface area contributed by atoms with Crippen molar-refractivity contribution in [2.24, 2.45) is 0 Å². The lowest BCUT2D eigenvalue weighted by molar-refractivity contribution is 0.111. The second-order valence-corrected chi connectivity index (χ2v) is 6.01. The van der Waals surface area contributed by atoms with Gasteiger partial charge in [-0.15, -0.1) is 5.10 Å². The van der Waals surface area contributed by atoms with E-state index < -0.39 is 0 Å². The number of carbonyl (C=O) groups excluding carboxylic acids is 1. The van der Waals surface area contributed by atoms with Gasteiger partial charge in [-0.05, 0) is 43.9 Å². The van der Waals surface area contributed by atoms with E-state index in [0.29, 0.717) is 11.6 Å². The lowest BCUT2D eigenvalue weighted by atomic mass is 9.86. The van der Waals surface area contributed by atoms with Gasteiger partial charge in [-0.2, -0.15) is 0 Å². The molecule has 0 amide bonds. The van der Waals surface area contributed by atoms with Crippen LogP contribution >= 0.6 is 0 Å². The highest BCUT2D eigenvalue weighted by Gasteiger charge is 2.25. The van der Waals surface area contributed by atoms with Gasteiger partial charge in [0.1, 0.15) is 5.69 Å². The molecule has 0 spiro atoms. The van der Waals surface area contributed by atoms with Gasteiger partial charge in [0.25, 0.3) is 0 Å². The molecular weight excluding hydrogens is 262 g/mol. The zero-order chi connectivity index (χ0) is 14.8. The van der Waals surface area contributed by atoms with Crippen LogP contribution in [0.15, 0.2) is 18.2 Å². The maximum absolute atomic E-state index is 11.4. The van der Waals surface area contributed by atoms with Crippen molar-refractivity contribution in [2.45, 2.75) is 51.9 Å². The Kier molecular flexibility index (Phi) is 3.86. The molecule has 0 unspecified atom stereocenters. The molecule has 1 fully saturated rings. The van der Waals surface area contributed by atoms with E-state index in [1.54, 1.807) is 0 Å². The van der Waals surface area contributed by atoms with Crippen LogP contribution in [0.25, 0.3) is 5.69 Å². The summed E-state index contributed by atoms with van der Waals surface area (Å²) in [6, 6.07) is 6.30. The van der Waals surface area contributed by atoms with Crippen LogP contribution in [-0.4, -0.2) is 21.3 Å². The van der Waals surface area contributed by atoms with Crippen molar-refractivity contribution < 1.29 is 4.79 Å². The Morgan fingerprint density at radius 1 is 1.19 bits per heavy atom. The maximum Gasteiger partial charge on any atom is 0.172 e. The molecule has 4 heteroatoms. The molecule has 1 aromatic carbocycles. The van der Waals surface area contributed by atoms with Crippen LogP contribution in [0.5, 0.6) is 0 Å². The summed E-state index contributed by atoms with van der Waals surface area (Å²) in [7, 11) is 0. The van der Waals surface area contributed by atoms with Crippen LogP contribution in [0.1, 0.15) is 65.3 Å². The Labute approximate surface area is 125 Å². The number of aldehydes is 1. The van der Waals surface area contributed by atoms with Gasteiger partial charge in [-0.25, -0.2) is 4.68 Å². The average molecular weight is 283 g/mol. The quantitative estimate of drug-likeness (QED) is 0.806. The highest BCUT2D eigenvalue weighted by atomic mass is 16.1. The van der Waals surface area contributed by atoms with Gasteiger partial charge >= 0.3 is 0 Å². The normalized spacial score (nSPS) is 16.1. The fourth-order valence-corrected chi connectivity index (χ4v) is 3.27. The van der Waals surface area contributed by atoms with Crippen LogP contribution in [0, 0.1) is 13.8 Å². The molecule has 0 radical (unpaired) electrons. The molecule has 0 bridgehead atoms. The standard InChI is InChI=1S/C17H21N3O/c1-12-8-9-13(2)16(10-12)20-17(15(11-21)18-19-20)14-6-4-3-5-7-14/h8-11,14H,3-7H2,1-2H3. The summed E-state index contributed by atoms with van der Waals surface area (Å²) in [5.41, 5.74) is 4.88. The number of benzene rings is 1. The fraction of sp³-hybridized carbons (Fsp3) is 0.471. The molecule has 1 aromatic heterocycles. The first-order valence-corrected chi connectivity index (χ1v) is 7.69. The van der Waals surface area contributed by atoms with E-state index in [1.807, 2.05) is 4.68 Å². The highest BCUT2D eigenvalue weighted by molar-refractivity contribution is 5.74. The molecule has 1 aliphatic carbocycles. The van der Waals surface area contributed by atoms with Gasteiger partial charge in [0.2, 0.25) is 0 Å². The van der Waals surface area contributed by atoms with Crippen molar-refractivity contribution in [3.8, 4) is 5.69 Å². The Morgan fingerprint density at radius 3 is 2.67 bits per heavy atom. The number of hydrogen-bond donors (Lipinski definition) is 0. The summed E-state index contributed by atoms with van der Waals surface area (Å²) in [4.78, 5) is 11.4. The summed E-state index contributed by atoms with van der Waals surface area (Å²) in [5, 5.41) is 8.37. The van der Waals surface area contributed by atoms with E-state index in [2.05, 4.69) is 42.4 Å². The third-order valence-electron chi connectivity index (χ3n) is 4.43. The van der Waals surface area contributed by atoms with E-state index in [-0.39, 0.29) is 0 Å². The summed E-state index contributed by atoms with van der Waals surface area (Å²) in [6.07, 6.45) is 6.83. The van der Waals surface area contributed by atoms with Gasteiger partial charge < -0.3 is 0 Å². The van der Waals surface area contributed by atoms with Crippen molar-refractivity contribution in [3.63, 3.8) is 0 Å². The fourth-order valence-electron chi connectivity index (χ4n) is 3.27. The molecule has 1 heterocycles. The van der Waals surface area contributed by atoms with Crippen LogP contribution < -0.4 is 0 Å². The molecule has 4 nitrogen and oxygen atoms in total. The first-order chi connectivity index (χ1) is 10.2. The third-order valence-corrected chi connectivity index (χ3v) is 4.43. The molecule has 0 aliphatic heterocycles. The Hall–Kier alpha value is -1.97. The number of hydrogen-bond acceptors (Lipinski definition) is 3. The largest absolute Gasteiger partial charge is 0.296 e. The minimum atomic E-state index is 0.397. The number of aromatic nitrogens is 3. The predicted octanol–water partition coefficient (Wildman–Crippen LogP) is 3.74. The smallest absolute Gasteiger partial charge is 0.172 e. The third kappa shape index (κ3) is 2.62. The van der Waals surface area contributed by atoms with Crippen molar-refractivity contribution in [2.75, 3.05) is 0 Å². The number of nitrogens with zero attached hydrogens (tertiary/aromatic N) is 3. The zero-order valence-electron chi connectivity index (χ0n) is 12.7. The van der Waals surface area contributed by atoms with Gasteiger partial charge in [0, 0.05) is 5.92 Å². The first-order valence-electron chi connectivity index (χ1n) is 7.69. The lowest BCUT2D eigenvalue weighted by Crippen LogP contribution is -2.13. The van der Waals surface area contributed by atoms with Crippen molar-refractivity contribution in [3.05, 3.63) is 40.7 Å². The molecule has 21 heavy (non-hydrogen) atoms. The second kappa shape index (κ2) is 5.80. The van der Waals surface area contributed by atoms with E-state index in [4.69, 9.17) is 0 Å². The Morgan fingerprint density at radius 2 is 1.95 bits per heavy atom. The van der Waals surface area contributed by atoms with Crippen LogP contribution in [0.2, 0.25) is 0 Å². The van der Waals surface area contributed by atoms with Gasteiger partial charge in [-0.3, -0.25) is 4.79 Å². The summed E-state index contributed by atoms with van der Waals surface area (Å²) >= 11 is 0. The SMILES string of the molecule is Cc1ccc(C)c(-n2nnc(C=O)c2C2CCCCC2)c1. The number of aryl methyl sites for hydroxylation is 2. The van der Waals surface area contributed by atoms with Crippen LogP contribution in [0.4, 0.5) is 0 Å². The average Bonchev–Trinajstić information content (AvgIpc) is 2.94. The van der Waals surface area contributed by atoms with E-state index in [0.717, 1.165) is 36.1 Å². The van der Waals surface area contributed by atoms with Crippen LogP contribution in [-0.2, 0) is 0 Å². The van der Waals surface area contributed by atoms with E-state index in [9.17, 15) is 4.79 Å². The molecular formula is C17H21N3O. The highest BCUT2D eigenvalue weighted by Crippen LogP contribution is 2.35. The van der Waals surface area contributed by atoms with Crippen molar-refractivity contribution in [1.82, 2.24) is 15.0 Å². The molecule has 3 rings (SSSR count). The topological polar surface area (TPSA) is 47.8 Å². The number of rotatable bonds is 3. The van der Waals surface area contributed by atoms with Crippen molar-refractivity contribution >= 4 is 6.29 Å². The minimum Gasteiger partial charge on any atom is -0.296 e. The molecule has 0 N–H and O–H groups in total. The molecule has 2 aromatic rings. The summed E-state index contributed by atoms with van der Waals surface area (Å²) < 4.78 is 1.89. The maximum atomic E-state index is 11.4. The lowest BCUT2D eigenvalue weighted by Gasteiger charge is -2.23. The molecule has 1 saturated carbocycles. The van der Waals surface area contributed by atoms with E-state index in [1.165, 1.54) is 24.8 Å². The second-order valence-electron chi connectivity index (χ2n) is 6.01. The van der Waals surface area contributed by atoms with Gasteiger partial charge in [0.15, 0.2) is 6.29 Å². The summed E-state index contributed by atoms with van der Waals surface area (Å²) in [6.45, 7) is 4.14. The molecule has 1 aliphatic rings. The molecule has 110 valence electrons. The van der Waals surface area contributed by atoms with Gasteiger partial charge in [-0.1, -0.05) is 36.6 Å². The Bertz CT molecular complexity index is 654. The first kappa shape index (κ1) is 14.0. The molecule has 0 saturated heterocycles. The monoisotopic (exact) mass is 283 g/mol. The van der Waals surface area contributed by atoms with E-state index >= 15 is 0 Å².